The predicted molar refractivity (Wildman–Crippen MR) is 87.5 cm³/mol. The largest absolute Gasteiger partial charge is 0.316 e. The van der Waals surface area contributed by atoms with Crippen molar-refractivity contribution >= 4 is 0 Å². The highest BCUT2D eigenvalue weighted by Gasteiger charge is 2.44. The minimum absolute atomic E-state index is 0.382. The van der Waals surface area contributed by atoms with Gasteiger partial charge in [0.15, 0.2) is 0 Å². The van der Waals surface area contributed by atoms with E-state index in [0.29, 0.717) is 17.8 Å². The Hall–Kier alpha value is -1.56. The third-order valence-electron chi connectivity index (χ3n) is 4.49. The lowest BCUT2D eigenvalue weighted by Gasteiger charge is -2.29. The molecule has 106 valence electrons. The van der Waals surface area contributed by atoms with Crippen LogP contribution in [0.2, 0.25) is 0 Å². The highest BCUT2D eigenvalue weighted by molar-refractivity contribution is 5.47. The fraction of sp³-hybridized carbons (Fsp3) is 0.421. The Kier molecular flexibility index (Phi) is 5.00. The van der Waals surface area contributed by atoms with Gasteiger partial charge in [0.1, 0.15) is 0 Å². The molecule has 0 aromatic carbocycles. The van der Waals surface area contributed by atoms with Crippen LogP contribution in [-0.2, 0) is 0 Å². The zero-order chi connectivity index (χ0) is 14.5. The maximum absolute atomic E-state index is 4.24. The lowest BCUT2D eigenvalue weighted by atomic mass is 9.80. The van der Waals surface area contributed by atoms with Crippen LogP contribution in [0.1, 0.15) is 20.3 Å². The molecule has 1 saturated heterocycles. The summed E-state index contributed by atoms with van der Waals surface area (Å²) in [6.07, 6.45) is 11.5. The molecule has 2 aliphatic rings. The average Bonchev–Trinajstić information content (AvgIpc) is 2.80. The van der Waals surface area contributed by atoms with Crippen molar-refractivity contribution < 1.29 is 0 Å². The van der Waals surface area contributed by atoms with E-state index in [4.69, 9.17) is 0 Å². The Labute approximate surface area is 123 Å². The van der Waals surface area contributed by atoms with Crippen LogP contribution in [0.15, 0.2) is 66.0 Å². The minimum atomic E-state index is 0.382. The van der Waals surface area contributed by atoms with Crippen molar-refractivity contribution in [3.8, 4) is 0 Å². The predicted octanol–water partition coefficient (Wildman–Crippen LogP) is 4.19. The standard InChI is InChI=1S/C19H25N/c1-5-8-9-10-16-15(7-3)18-13-20-12-11-17(18)19(16)14(4)6-2/h5-9,17-20H,2,4,11-13H2,1,3H3/b8-5-,15-7+/t10?,17-,18-,19-/m1/s1. The van der Waals surface area contributed by atoms with E-state index in [1.165, 1.54) is 17.6 Å². The van der Waals surface area contributed by atoms with Gasteiger partial charge in [0.25, 0.3) is 0 Å². The summed E-state index contributed by atoms with van der Waals surface area (Å²) >= 11 is 0. The first kappa shape index (κ1) is 14.8. The molecule has 0 aromatic rings. The average molecular weight is 267 g/mol. The first-order valence-corrected chi connectivity index (χ1v) is 7.51. The van der Waals surface area contributed by atoms with E-state index in [1.54, 1.807) is 0 Å². The van der Waals surface area contributed by atoms with E-state index < -0.39 is 0 Å². The Morgan fingerprint density at radius 3 is 2.85 bits per heavy atom. The molecule has 1 aliphatic carbocycles. The van der Waals surface area contributed by atoms with Crippen molar-refractivity contribution in [1.29, 1.82) is 0 Å². The first-order valence-electron chi connectivity index (χ1n) is 7.51. The van der Waals surface area contributed by atoms with Crippen LogP contribution in [0, 0.1) is 17.8 Å². The molecule has 1 N–H and O–H groups in total. The number of hydrogen-bond acceptors (Lipinski definition) is 1. The fourth-order valence-corrected chi connectivity index (χ4v) is 3.58. The number of rotatable bonds is 3. The smallest absolute Gasteiger partial charge is 0.0194 e. The lowest BCUT2D eigenvalue weighted by molar-refractivity contribution is 0.285. The molecule has 0 unspecified atom stereocenters. The van der Waals surface area contributed by atoms with Gasteiger partial charge in [-0.15, -0.1) is 5.73 Å². The summed E-state index contributed by atoms with van der Waals surface area (Å²) < 4.78 is 0. The van der Waals surface area contributed by atoms with Crippen LogP contribution in [0.4, 0.5) is 0 Å². The number of hydrogen-bond donors (Lipinski definition) is 1. The van der Waals surface area contributed by atoms with Crippen LogP contribution in [0.5, 0.6) is 0 Å². The third kappa shape index (κ3) is 2.65. The van der Waals surface area contributed by atoms with E-state index >= 15 is 0 Å². The van der Waals surface area contributed by atoms with Gasteiger partial charge in [0.05, 0.1) is 0 Å². The van der Waals surface area contributed by atoms with Gasteiger partial charge >= 0.3 is 0 Å². The number of allylic oxidation sites excluding steroid dienone is 6. The van der Waals surface area contributed by atoms with Crippen molar-refractivity contribution in [2.75, 3.05) is 13.1 Å². The van der Waals surface area contributed by atoms with Gasteiger partial charge in [-0.1, -0.05) is 37.5 Å². The molecule has 20 heavy (non-hydrogen) atoms. The maximum Gasteiger partial charge on any atom is 0.0194 e. The summed E-state index contributed by atoms with van der Waals surface area (Å²) in [5, 5.41) is 3.52. The monoisotopic (exact) mass is 267 g/mol. The molecule has 2 rings (SSSR count). The van der Waals surface area contributed by atoms with Crippen LogP contribution in [-0.4, -0.2) is 13.1 Å². The van der Waals surface area contributed by atoms with Gasteiger partial charge in [-0.25, -0.2) is 0 Å². The second kappa shape index (κ2) is 6.74. The van der Waals surface area contributed by atoms with Gasteiger partial charge in [-0.05, 0) is 50.0 Å². The van der Waals surface area contributed by atoms with E-state index in [2.05, 4.69) is 37.2 Å². The molecule has 1 heteroatoms. The van der Waals surface area contributed by atoms with Crippen molar-refractivity contribution in [2.45, 2.75) is 20.3 Å². The molecular formula is C19H25N. The summed E-state index contributed by atoms with van der Waals surface area (Å²) in [6.45, 7) is 14.5. The third-order valence-corrected chi connectivity index (χ3v) is 4.49. The fourth-order valence-electron chi connectivity index (χ4n) is 3.58. The van der Waals surface area contributed by atoms with Crippen molar-refractivity contribution in [1.82, 2.24) is 5.32 Å². The lowest BCUT2D eigenvalue weighted by Crippen LogP contribution is -2.36. The summed E-state index contributed by atoms with van der Waals surface area (Å²) in [7, 11) is 0. The summed E-state index contributed by atoms with van der Waals surface area (Å²) in [5.41, 5.74) is 7.39. The quantitative estimate of drug-likeness (QED) is 0.597. The highest BCUT2D eigenvalue weighted by Crippen LogP contribution is 2.50. The molecule has 0 amide bonds. The zero-order valence-corrected chi connectivity index (χ0v) is 12.7. The van der Waals surface area contributed by atoms with Gasteiger partial charge in [0, 0.05) is 24.0 Å². The molecular weight excluding hydrogens is 242 g/mol. The SMILES string of the molecule is C=CC(=C)[C@@H]1C(=C=C/C=C\C)/C(=C\C)[C@H]2CNCC[C@@H]12. The van der Waals surface area contributed by atoms with Crippen molar-refractivity contribution in [3.05, 3.63) is 66.0 Å². The Balaban J connectivity index is 2.50. The second-order valence-corrected chi connectivity index (χ2v) is 5.51. The topological polar surface area (TPSA) is 12.0 Å². The minimum Gasteiger partial charge on any atom is -0.316 e. The van der Waals surface area contributed by atoms with Crippen LogP contribution >= 0.6 is 0 Å². The molecule has 0 aromatic heterocycles. The number of nitrogens with one attached hydrogen (secondary N) is 1. The van der Waals surface area contributed by atoms with Crippen LogP contribution < -0.4 is 5.32 Å². The zero-order valence-electron chi connectivity index (χ0n) is 12.7. The molecule has 3 atom stereocenters. The van der Waals surface area contributed by atoms with Gasteiger partial charge in [-0.3, -0.25) is 0 Å². The first-order chi connectivity index (χ1) is 9.74. The normalized spacial score (nSPS) is 31.2. The van der Waals surface area contributed by atoms with Gasteiger partial charge in [0.2, 0.25) is 0 Å². The molecule has 0 bridgehead atoms. The van der Waals surface area contributed by atoms with E-state index in [1.807, 2.05) is 31.2 Å². The summed E-state index contributed by atoms with van der Waals surface area (Å²) in [4.78, 5) is 0. The molecule has 1 aliphatic heterocycles. The Morgan fingerprint density at radius 1 is 1.40 bits per heavy atom. The Bertz CT molecular complexity index is 512. The molecule has 1 saturated carbocycles. The number of fused-ring (bicyclic) bond motifs is 1. The van der Waals surface area contributed by atoms with Crippen molar-refractivity contribution in [3.63, 3.8) is 0 Å². The molecule has 0 radical (unpaired) electrons. The van der Waals surface area contributed by atoms with E-state index in [0.717, 1.165) is 18.7 Å². The highest BCUT2D eigenvalue weighted by atomic mass is 14.9. The van der Waals surface area contributed by atoms with E-state index in [-0.39, 0.29) is 0 Å². The van der Waals surface area contributed by atoms with E-state index in [9.17, 15) is 0 Å². The van der Waals surface area contributed by atoms with Crippen molar-refractivity contribution in [2.24, 2.45) is 17.8 Å². The van der Waals surface area contributed by atoms with Gasteiger partial charge < -0.3 is 5.32 Å². The second-order valence-electron chi connectivity index (χ2n) is 5.51. The maximum atomic E-state index is 4.24. The Morgan fingerprint density at radius 2 is 2.20 bits per heavy atom. The summed E-state index contributed by atoms with van der Waals surface area (Å²) in [5.74, 6) is 1.62. The van der Waals surface area contributed by atoms with Crippen LogP contribution in [0.3, 0.4) is 0 Å². The molecule has 1 nitrogen and oxygen atoms in total. The summed E-state index contributed by atoms with van der Waals surface area (Å²) in [6, 6.07) is 0. The van der Waals surface area contributed by atoms with Crippen LogP contribution in [0.25, 0.3) is 0 Å². The van der Waals surface area contributed by atoms with Gasteiger partial charge in [-0.2, -0.15) is 0 Å². The molecule has 1 heterocycles. The molecule has 0 spiro atoms. The number of piperidine rings is 1. The molecule has 2 fully saturated rings.